The summed E-state index contributed by atoms with van der Waals surface area (Å²) in [6.07, 6.45) is 4.58. The minimum atomic E-state index is -3.57. The summed E-state index contributed by atoms with van der Waals surface area (Å²) in [5.74, 6) is -0.756. The Kier molecular flexibility index (Phi) is 6.81. The molecule has 0 saturated carbocycles. The van der Waals surface area contributed by atoms with Crippen molar-refractivity contribution in [2.75, 3.05) is 18.4 Å². The summed E-state index contributed by atoms with van der Waals surface area (Å²) < 4.78 is 42.9. The molecule has 1 fully saturated rings. The monoisotopic (exact) mass is 618 g/mol. The molecule has 0 unspecified atom stereocenters. The van der Waals surface area contributed by atoms with Crippen molar-refractivity contribution < 1.29 is 17.6 Å². The summed E-state index contributed by atoms with van der Waals surface area (Å²) >= 11 is 7.52. The molecule has 0 atom stereocenters. The molecule has 7 nitrogen and oxygen atoms in total. The fourth-order valence-electron chi connectivity index (χ4n) is 5.72. The minimum absolute atomic E-state index is 0.227. The Morgan fingerprint density at radius 1 is 1.00 bits per heavy atom. The maximum Gasteiger partial charge on any atom is 0.258 e. The Hall–Kier alpha value is -3.70. The van der Waals surface area contributed by atoms with E-state index in [1.807, 2.05) is 24.3 Å². The van der Waals surface area contributed by atoms with E-state index < -0.39 is 15.8 Å². The first-order valence-corrected chi connectivity index (χ1v) is 16.2. The van der Waals surface area contributed by atoms with Gasteiger partial charge in [0.2, 0.25) is 10.0 Å². The largest absolute Gasteiger partial charge is 0.298 e. The number of nitrogens with zero attached hydrogens (tertiary/aromatic N) is 3. The van der Waals surface area contributed by atoms with Crippen molar-refractivity contribution >= 4 is 76.8 Å². The Balaban J connectivity index is 1.26. The highest BCUT2D eigenvalue weighted by molar-refractivity contribution is 7.89. The molecule has 0 bridgehead atoms. The number of nitrogens with one attached hydrogen (secondary N) is 1. The lowest BCUT2D eigenvalue weighted by Crippen LogP contribution is -2.27. The van der Waals surface area contributed by atoms with Gasteiger partial charge in [-0.05, 0) is 79.3 Å². The van der Waals surface area contributed by atoms with Crippen LogP contribution in [0.2, 0.25) is 5.02 Å². The summed E-state index contributed by atoms with van der Waals surface area (Å²) in [6, 6.07) is 16.9. The van der Waals surface area contributed by atoms with E-state index in [9.17, 15) is 17.6 Å². The van der Waals surface area contributed by atoms with Crippen molar-refractivity contribution in [1.29, 1.82) is 0 Å². The Morgan fingerprint density at radius 3 is 2.62 bits per heavy atom. The van der Waals surface area contributed by atoms with Gasteiger partial charge in [0, 0.05) is 24.0 Å². The van der Waals surface area contributed by atoms with Gasteiger partial charge in [0.15, 0.2) is 5.13 Å². The number of anilines is 1. The predicted octanol–water partition coefficient (Wildman–Crippen LogP) is 7.16. The molecule has 3 aromatic carbocycles. The number of benzene rings is 3. The van der Waals surface area contributed by atoms with E-state index in [0.29, 0.717) is 74.0 Å². The summed E-state index contributed by atoms with van der Waals surface area (Å²) in [5, 5.41) is 4.33. The third-order valence-corrected chi connectivity index (χ3v) is 10.9. The SMILES string of the molecule is O=C(Nc1nc2ccc(S(=O)(=O)N3CCCC3)cc2s1)c1c2c(nc3ccccc13)/C(=C/c1c(F)cccc1Cl)CC2. The fourth-order valence-corrected chi connectivity index (χ4v) is 8.45. The molecule has 5 aromatic rings. The molecule has 1 amide bonds. The van der Waals surface area contributed by atoms with Crippen LogP contribution in [0, 0.1) is 5.82 Å². The number of thiazole rings is 1. The number of hydrogen-bond donors (Lipinski definition) is 1. The normalized spacial score (nSPS) is 16.5. The molecule has 2 aromatic heterocycles. The molecule has 11 heteroatoms. The van der Waals surface area contributed by atoms with Crippen molar-refractivity contribution in [3.63, 3.8) is 0 Å². The van der Waals surface area contributed by atoms with E-state index in [-0.39, 0.29) is 10.8 Å². The highest BCUT2D eigenvalue weighted by Gasteiger charge is 2.29. The average molecular weight is 619 g/mol. The van der Waals surface area contributed by atoms with Crippen molar-refractivity contribution in [1.82, 2.24) is 14.3 Å². The first kappa shape index (κ1) is 27.2. The van der Waals surface area contributed by atoms with Gasteiger partial charge in [-0.3, -0.25) is 10.1 Å². The quantitative estimate of drug-likeness (QED) is 0.226. The van der Waals surface area contributed by atoms with E-state index in [0.717, 1.165) is 24.0 Å². The number of amides is 1. The molecule has 1 aliphatic carbocycles. The second kappa shape index (κ2) is 10.5. The maximum absolute atomic E-state index is 14.6. The number of aromatic nitrogens is 2. The van der Waals surface area contributed by atoms with E-state index in [2.05, 4.69) is 10.3 Å². The summed E-state index contributed by atoms with van der Waals surface area (Å²) in [6.45, 7) is 1.05. The topological polar surface area (TPSA) is 92.3 Å². The number of fused-ring (bicyclic) bond motifs is 3. The lowest BCUT2D eigenvalue weighted by Gasteiger charge is -2.15. The average Bonchev–Trinajstić information content (AvgIpc) is 3.74. The van der Waals surface area contributed by atoms with Gasteiger partial charge in [0.05, 0.1) is 36.9 Å². The lowest BCUT2D eigenvalue weighted by atomic mass is 10.00. The molecule has 1 aliphatic heterocycles. The Morgan fingerprint density at radius 2 is 1.81 bits per heavy atom. The van der Waals surface area contributed by atoms with Crippen LogP contribution in [0.3, 0.4) is 0 Å². The molecule has 212 valence electrons. The highest BCUT2D eigenvalue weighted by atomic mass is 35.5. The van der Waals surface area contributed by atoms with Gasteiger partial charge < -0.3 is 0 Å². The second-order valence-electron chi connectivity index (χ2n) is 10.3. The van der Waals surface area contributed by atoms with Crippen LogP contribution >= 0.6 is 22.9 Å². The first-order valence-electron chi connectivity index (χ1n) is 13.6. The number of sulfonamides is 1. The maximum atomic E-state index is 14.6. The van der Waals surface area contributed by atoms with Crippen LogP contribution in [0.1, 0.15) is 46.4 Å². The zero-order valence-electron chi connectivity index (χ0n) is 22.2. The van der Waals surface area contributed by atoms with Gasteiger partial charge in [-0.2, -0.15) is 4.31 Å². The van der Waals surface area contributed by atoms with Crippen molar-refractivity contribution in [2.24, 2.45) is 0 Å². The number of para-hydroxylation sites is 1. The van der Waals surface area contributed by atoms with Crippen molar-refractivity contribution in [2.45, 2.75) is 30.6 Å². The van der Waals surface area contributed by atoms with Crippen LogP contribution in [0.5, 0.6) is 0 Å². The molecule has 3 heterocycles. The number of halogens is 2. The van der Waals surface area contributed by atoms with E-state index in [1.165, 1.54) is 21.7 Å². The van der Waals surface area contributed by atoms with Gasteiger partial charge in [0.1, 0.15) is 5.82 Å². The molecule has 7 rings (SSSR count). The third-order valence-electron chi connectivity index (χ3n) is 7.77. The lowest BCUT2D eigenvalue weighted by molar-refractivity contribution is 0.102. The van der Waals surface area contributed by atoms with Crippen LogP contribution in [-0.4, -0.2) is 41.7 Å². The molecule has 1 N–H and O–H groups in total. The number of rotatable bonds is 5. The minimum Gasteiger partial charge on any atom is -0.298 e. The molecule has 1 saturated heterocycles. The Bertz CT molecular complexity index is 2030. The number of carbonyl (C=O) groups excluding carboxylic acids is 1. The summed E-state index contributed by atoms with van der Waals surface area (Å²) in [7, 11) is -3.57. The zero-order chi connectivity index (χ0) is 29.0. The van der Waals surface area contributed by atoms with E-state index >= 15 is 0 Å². The van der Waals surface area contributed by atoms with Crippen LogP contribution in [0.25, 0.3) is 32.8 Å². The van der Waals surface area contributed by atoms with Crippen LogP contribution in [0.4, 0.5) is 9.52 Å². The van der Waals surface area contributed by atoms with Gasteiger partial charge in [0.25, 0.3) is 5.91 Å². The smallest absolute Gasteiger partial charge is 0.258 e. The molecule has 0 spiro atoms. The van der Waals surface area contributed by atoms with Gasteiger partial charge >= 0.3 is 0 Å². The number of pyridine rings is 1. The molecule has 2 aliphatic rings. The van der Waals surface area contributed by atoms with Crippen LogP contribution in [0.15, 0.2) is 65.6 Å². The third kappa shape index (κ3) is 4.68. The molecular weight excluding hydrogens is 595 g/mol. The van der Waals surface area contributed by atoms with E-state index in [4.69, 9.17) is 16.6 Å². The first-order chi connectivity index (χ1) is 20.3. The van der Waals surface area contributed by atoms with Crippen LogP contribution in [-0.2, 0) is 16.4 Å². The predicted molar refractivity (Wildman–Crippen MR) is 165 cm³/mol. The fraction of sp³-hybridized carbons (Fsp3) is 0.194. The van der Waals surface area contributed by atoms with E-state index in [1.54, 1.807) is 36.4 Å². The summed E-state index contributed by atoms with van der Waals surface area (Å²) in [4.78, 5) is 23.5. The van der Waals surface area contributed by atoms with Crippen LogP contribution < -0.4 is 5.32 Å². The number of allylic oxidation sites excluding steroid dienone is 1. The number of hydrogen-bond acceptors (Lipinski definition) is 6. The van der Waals surface area contributed by atoms with Gasteiger partial charge in [-0.25, -0.2) is 22.8 Å². The summed E-state index contributed by atoms with van der Waals surface area (Å²) in [5.41, 5.74) is 4.29. The molecule has 0 radical (unpaired) electrons. The van der Waals surface area contributed by atoms with Gasteiger partial charge in [-0.1, -0.05) is 47.2 Å². The van der Waals surface area contributed by atoms with Crippen molar-refractivity contribution in [3.05, 3.63) is 93.9 Å². The molecular formula is C31H24ClFN4O3S2. The molecule has 42 heavy (non-hydrogen) atoms. The highest BCUT2D eigenvalue weighted by Crippen LogP contribution is 2.39. The van der Waals surface area contributed by atoms with Crippen molar-refractivity contribution in [3.8, 4) is 0 Å². The second-order valence-corrected chi connectivity index (χ2v) is 13.7. The Labute approximate surface area is 250 Å². The zero-order valence-corrected chi connectivity index (χ0v) is 24.6. The van der Waals surface area contributed by atoms with Gasteiger partial charge in [-0.15, -0.1) is 0 Å². The standard InChI is InChI=1S/C31H24ClFN4O3S2/c32-23-7-5-8-24(33)22(23)16-18-10-12-21-28(20-6-1-2-9-25(20)34-29(18)21)30(38)36-31-35-26-13-11-19(17-27(26)41-31)42(39,40)37-14-3-4-15-37/h1-2,5-9,11,13,16-17H,3-4,10,12,14-15H2,(H,35,36,38)/b18-16+. The number of carbonyl (C=O) groups is 1.